The van der Waals surface area contributed by atoms with Gasteiger partial charge in [0.05, 0.1) is 0 Å². The van der Waals surface area contributed by atoms with Gasteiger partial charge in [-0.15, -0.1) is 0 Å². The van der Waals surface area contributed by atoms with Crippen LogP contribution in [0.4, 0.5) is 5.69 Å². The minimum atomic E-state index is 0.674. The van der Waals surface area contributed by atoms with Crippen molar-refractivity contribution in [2.24, 2.45) is 5.92 Å². The van der Waals surface area contributed by atoms with Crippen LogP contribution in [-0.2, 0) is 6.54 Å². The zero-order valence-corrected chi connectivity index (χ0v) is 12.7. The van der Waals surface area contributed by atoms with Gasteiger partial charge in [-0.25, -0.2) is 0 Å². The van der Waals surface area contributed by atoms with Crippen molar-refractivity contribution in [1.82, 2.24) is 4.90 Å². The van der Waals surface area contributed by atoms with Crippen LogP contribution in [0.15, 0.2) is 24.3 Å². The molecule has 0 saturated heterocycles. The Kier molecular flexibility index (Phi) is 5.26. The summed E-state index contributed by atoms with van der Waals surface area (Å²) in [6.07, 6.45) is 6.81. The van der Waals surface area contributed by atoms with Crippen molar-refractivity contribution in [3.63, 3.8) is 0 Å². The molecule has 19 heavy (non-hydrogen) atoms. The third-order valence-corrected chi connectivity index (χ3v) is 4.16. The molecule has 1 aromatic rings. The van der Waals surface area contributed by atoms with Crippen LogP contribution >= 0.6 is 0 Å². The maximum Gasteiger partial charge on any atom is 0.0345 e. The first-order valence-electron chi connectivity index (χ1n) is 7.67. The number of nitrogens with one attached hydrogen (secondary N) is 1. The summed E-state index contributed by atoms with van der Waals surface area (Å²) < 4.78 is 0. The molecule has 2 nitrogen and oxygen atoms in total. The van der Waals surface area contributed by atoms with Crippen molar-refractivity contribution in [2.75, 3.05) is 19.4 Å². The molecule has 0 amide bonds. The van der Waals surface area contributed by atoms with Crippen LogP contribution < -0.4 is 5.32 Å². The molecule has 0 aliphatic heterocycles. The van der Waals surface area contributed by atoms with Gasteiger partial charge in [0.1, 0.15) is 0 Å². The van der Waals surface area contributed by atoms with Crippen molar-refractivity contribution >= 4 is 5.69 Å². The van der Waals surface area contributed by atoms with E-state index in [9.17, 15) is 0 Å². The molecular formula is C17H28N2. The van der Waals surface area contributed by atoms with Crippen molar-refractivity contribution in [2.45, 2.75) is 51.6 Å². The fourth-order valence-electron chi connectivity index (χ4n) is 3.15. The molecule has 2 unspecified atom stereocenters. The fourth-order valence-corrected chi connectivity index (χ4v) is 3.15. The van der Waals surface area contributed by atoms with Crippen LogP contribution in [0.2, 0.25) is 0 Å². The first-order chi connectivity index (χ1) is 9.17. The largest absolute Gasteiger partial charge is 0.382 e. The Hall–Kier alpha value is -1.02. The van der Waals surface area contributed by atoms with E-state index in [4.69, 9.17) is 0 Å². The van der Waals surface area contributed by atoms with E-state index in [2.05, 4.69) is 55.5 Å². The third-order valence-electron chi connectivity index (χ3n) is 4.16. The summed E-state index contributed by atoms with van der Waals surface area (Å²) in [4.78, 5) is 2.22. The highest BCUT2D eigenvalue weighted by Gasteiger charge is 2.20. The molecule has 1 aromatic carbocycles. The standard InChI is InChI=1S/C17H28N2/c1-4-14-7-5-9-16(11-14)18-17-10-6-8-15(12-17)13-19(2)3/h6,8,10,12,14,16,18H,4-5,7,9,11,13H2,1-3H3. The van der Waals surface area contributed by atoms with Gasteiger partial charge in [-0.05, 0) is 50.6 Å². The monoisotopic (exact) mass is 260 g/mol. The lowest BCUT2D eigenvalue weighted by atomic mass is 9.84. The van der Waals surface area contributed by atoms with Gasteiger partial charge in [-0.3, -0.25) is 0 Å². The minimum Gasteiger partial charge on any atom is -0.382 e. The van der Waals surface area contributed by atoms with E-state index in [0.29, 0.717) is 6.04 Å². The lowest BCUT2D eigenvalue weighted by Gasteiger charge is -2.30. The Labute approximate surface area is 118 Å². The van der Waals surface area contributed by atoms with Crippen LogP contribution in [0.5, 0.6) is 0 Å². The number of anilines is 1. The second-order valence-electron chi connectivity index (χ2n) is 6.22. The van der Waals surface area contributed by atoms with Crippen molar-refractivity contribution in [3.05, 3.63) is 29.8 Å². The quantitative estimate of drug-likeness (QED) is 0.856. The molecular weight excluding hydrogens is 232 g/mol. The fraction of sp³-hybridized carbons (Fsp3) is 0.647. The molecule has 0 spiro atoms. The lowest BCUT2D eigenvalue weighted by Crippen LogP contribution is -2.27. The molecule has 0 heterocycles. The molecule has 0 radical (unpaired) electrons. The normalized spacial score (nSPS) is 23.6. The number of hydrogen-bond acceptors (Lipinski definition) is 2. The molecule has 2 rings (SSSR count). The number of nitrogens with zero attached hydrogens (tertiary/aromatic N) is 1. The Balaban J connectivity index is 1.94. The predicted molar refractivity (Wildman–Crippen MR) is 83.5 cm³/mol. The number of benzene rings is 1. The maximum absolute atomic E-state index is 3.74. The van der Waals surface area contributed by atoms with E-state index in [1.807, 2.05) is 0 Å². The molecule has 1 fully saturated rings. The summed E-state index contributed by atoms with van der Waals surface area (Å²) in [6.45, 7) is 3.34. The Morgan fingerprint density at radius 2 is 2.11 bits per heavy atom. The smallest absolute Gasteiger partial charge is 0.0345 e. The van der Waals surface area contributed by atoms with Gasteiger partial charge in [-0.2, -0.15) is 0 Å². The van der Waals surface area contributed by atoms with Gasteiger partial charge in [0, 0.05) is 18.3 Å². The molecule has 106 valence electrons. The van der Waals surface area contributed by atoms with E-state index < -0.39 is 0 Å². The molecule has 1 aliphatic rings. The molecule has 1 N–H and O–H groups in total. The second-order valence-corrected chi connectivity index (χ2v) is 6.22. The van der Waals surface area contributed by atoms with E-state index in [-0.39, 0.29) is 0 Å². The van der Waals surface area contributed by atoms with Crippen molar-refractivity contribution < 1.29 is 0 Å². The molecule has 1 saturated carbocycles. The van der Waals surface area contributed by atoms with E-state index >= 15 is 0 Å². The topological polar surface area (TPSA) is 15.3 Å². The summed E-state index contributed by atoms with van der Waals surface area (Å²) in [5.41, 5.74) is 2.68. The summed E-state index contributed by atoms with van der Waals surface area (Å²) in [5, 5.41) is 3.74. The Bertz CT molecular complexity index is 387. The summed E-state index contributed by atoms with van der Waals surface area (Å²) >= 11 is 0. The van der Waals surface area contributed by atoms with Crippen LogP contribution in [0.25, 0.3) is 0 Å². The molecule has 0 bridgehead atoms. The van der Waals surface area contributed by atoms with Crippen LogP contribution in [-0.4, -0.2) is 25.0 Å². The van der Waals surface area contributed by atoms with E-state index in [0.717, 1.165) is 12.5 Å². The van der Waals surface area contributed by atoms with Crippen LogP contribution in [0.1, 0.15) is 44.6 Å². The molecule has 0 aromatic heterocycles. The van der Waals surface area contributed by atoms with Crippen LogP contribution in [0.3, 0.4) is 0 Å². The molecule has 1 aliphatic carbocycles. The van der Waals surface area contributed by atoms with E-state index in [1.165, 1.54) is 43.4 Å². The SMILES string of the molecule is CCC1CCCC(Nc2cccc(CN(C)C)c2)C1. The van der Waals surface area contributed by atoms with Gasteiger partial charge in [-0.1, -0.05) is 38.3 Å². The van der Waals surface area contributed by atoms with E-state index in [1.54, 1.807) is 0 Å². The minimum absolute atomic E-state index is 0.674. The summed E-state index contributed by atoms with van der Waals surface area (Å²) in [7, 11) is 4.24. The Morgan fingerprint density at radius 3 is 2.84 bits per heavy atom. The van der Waals surface area contributed by atoms with Gasteiger partial charge >= 0.3 is 0 Å². The zero-order chi connectivity index (χ0) is 13.7. The summed E-state index contributed by atoms with van der Waals surface area (Å²) in [6, 6.07) is 9.56. The molecule has 2 heteroatoms. The van der Waals surface area contributed by atoms with Crippen molar-refractivity contribution in [3.8, 4) is 0 Å². The maximum atomic E-state index is 3.74. The number of hydrogen-bond donors (Lipinski definition) is 1. The highest BCUT2D eigenvalue weighted by molar-refractivity contribution is 5.46. The van der Waals surface area contributed by atoms with Gasteiger partial charge in [0.15, 0.2) is 0 Å². The first-order valence-corrected chi connectivity index (χ1v) is 7.67. The average Bonchev–Trinajstić information content (AvgIpc) is 2.38. The Morgan fingerprint density at radius 1 is 1.26 bits per heavy atom. The van der Waals surface area contributed by atoms with Crippen molar-refractivity contribution in [1.29, 1.82) is 0 Å². The molecule has 2 atom stereocenters. The van der Waals surface area contributed by atoms with Crippen LogP contribution in [0, 0.1) is 5.92 Å². The highest BCUT2D eigenvalue weighted by Crippen LogP contribution is 2.28. The van der Waals surface area contributed by atoms with Gasteiger partial charge in [0.25, 0.3) is 0 Å². The van der Waals surface area contributed by atoms with Gasteiger partial charge in [0.2, 0.25) is 0 Å². The third kappa shape index (κ3) is 4.54. The zero-order valence-electron chi connectivity index (χ0n) is 12.7. The first kappa shape index (κ1) is 14.4. The van der Waals surface area contributed by atoms with Gasteiger partial charge < -0.3 is 10.2 Å². The second kappa shape index (κ2) is 6.95. The lowest BCUT2D eigenvalue weighted by molar-refractivity contribution is 0.327. The average molecular weight is 260 g/mol. The summed E-state index contributed by atoms with van der Waals surface area (Å²) in [5.74, 6) is 0.927. The number of rotatable bonds is 5. The predicted octanol–water partition coefficient (Wildman–Crippen LogP) is 4.13. The highest BCUT2D eigenvalue weighted by atomic mass is 15.0.